The minimum absolute atomic E-state index is 0.108. The van der Waals surface area contributed by atoms with Crippen molar-refractivity contribution >= 4 is 27.8 Å². The van der Waals surface area contributed by atoms with E-state index < -0.39 is 12.7 Å². The zero-order valence-corrected chi connectivity index (χ0v) is 20.0. The molecule has 4 heterocycles. The van der Waals surface area contributed by atoms with Gasteiger partial charge in [0.1, 0.15) is 12.2 Å². The summed E-state index contributed by atoms with van der Waals surface area (Å²) in [4.78, 5) is 24.2. The van der Waals surface area contributed by atoms with E-state index in [1.807, 2.05) is 19.2 Å². The maximum absolute atomic E-state index is 13.1. The van der Waals surface area contributed by atoms with Crippen LogP contribution in [0.1, 0.15) is 28.8 Å². The molecule has 0 bridgehead atoms. The maximum Gasteiger partial charge on any atom is 0.254 e. The van der Waals surface area contributed by atoms with Crippen molar-refractivity contribution in [3.05, 3.63) is 41.6 Å². The maximum atomic E-state index is 13.1. The quantitative estimate of drug-likeness (QED) is 0.442. The van der Waals surface area contributed by atoms with Crippen molar-refractivity contribution in [2.45, 2.75) is 31.8 Å². The molecule has 0 spiro atoms. The van der Waals surface area contributed by atoms with Gasteiger partial charge < -0.3 is 24.5 Å². The van der Waals surface area contributed by atoms with Crippen LogP contribution in [0.3, 0.4) is 0 Å². The molecule has 1 aliphatic heterocycles. The van der Waals surface area contributed by atoms with Crippen LogP contribution in [-0.2, 0) is 20.0 Å². The molecule has 1 aromatic carbocycles. The van der Waals surface area contributed by atoms with Crippen molar-refractivity contribution in [3.63, 3.8) is 0 Å². The van der Waals surface area contributed by atoms with Crippen molar-refractivity contribution < 1.29 is 13.9 Å². The van der Waals surface area contributed by atoms with Gasteiger partial charge in [-0.05, 0) is 55.0 Å². The number of imidazole rings is 1. The standard InChI is InChI=1S/C26H29FN6O2/c1-31-21-9-16-6-8-32(14-18(28)12-27)26(34)19(16)11-20(21)30-24(31)22-10-17-5-7-29-25(35-2)23(17)33(22)13-15-3-4-15/h5,7,9-11,15,18H,3-4,6,8,12-14,28H2,1-2H3/t18-/m1/s1. The minimum atomic E-state index is -0.662. The minimum Gasteiger partial charge on any atom is -0.479 e. The van der Waals surface area contributed by atoms with Crippen LogP contribution < -0.4 is 10.5 Å². The number of carbonyl (C=O) groups excluding carboxylic acids is 1. The highest BCUT2D eigenvalue weighted by Gasteiger charge is 2.29. The van der Waals surface area contributed by atoms with E-state index in [1.54, 1.807) is 18.2 Å². The summed E-state index contributed by atoms with van der Waals surface area (Å²) in [5, 5.41) is 1.06. The first-order valence-corrected chi connectivity index (χ1v) is 12.1. The summed E-state index contributed by atoms with van der Waals surface area (Å²) in [6, 6.07) is 7.43. The predicted molar refractivity (Wildman–Crippen MR) is 132 cm³/mol. The van der Waals surface area contributed by atoms with Crippen molar-refractivity contribution in [3.8, 4) is 17.4 Å². The Labute approximate surface area is 202 Å². The second-order valence-electron chi connectivity index (χ2n) is 9.75. The number of fused-ring (bicyclic) bond motifs is 3. The Morgan fingerprint density at radius 2 is 2.11 bits per heavy atom. The van der Waals surface area contributed by atoms with Gasteiger partial charge in [-0.25, -0.2) is 14.4 Å². The van der Waals surface area contributed by atoms with E-state index in [1.165, 1.54) is 12.8 Å². The number of carbonyl (C=O) groups is 1. The van der Waals surface area contributed by atoms with Crippen molar-refractivity contribution in [2.24, 2.45) is 18.7 Å². The monoisotopic (exact) mass is 476 g/mol. The topological polar surface area (TPSA) is 91.2 Å². The lowest BCUT2D eigenvalue weighted by Gasteiger charge is -2.30. The molecule has 9 heteroatoms. The first kappa shape index (κ1) is 22.0. The van der Waals surface area contributed by atoms with Gasteiger partial charge in [0.25, 0.3) is 5.91 Å². The van der Waals surface area contributed by atoms with Crippen LogP contribution in [0.4, 0.5) is 4.39 Å². The molecule has 3 aromatic heterocycles. The van der Waals surface area contributed by atoms with Gasteiger partial charge in [0.05, 0.1) is 29.9 Å². The van der Waals surface area contributed by atoms with Crippen LogP contribution in [0, 0.1) is 5.92 Å². The van der Waals surface area contributed by atoms with Crippen LogP contribution in [0.25, 0.3) is 33.5 Å². The molecule has 35 heavy (non-hydrogen) atoms. The molecule has 6 rings (SSSR count). The van der Waals surface area contributed by atoms with Crippen molar-refractivity contribution in [2.75, 3.05) is 26.9 Å². The summed E-state index contributed by atoms with van der Waals surface area (Å²) < 4.78 is 22.9. The number of nitrogens with zero attached hydrogens (tertiary/aromatic N) is 5. The number of hydrogen-bond donors (Lipinski definition) is 1. The van der Waals surface area contributed by atoms with Crippen LogP contribution >= 0.6 is 0 Å². The van der Waals surface area contributed by atoms with E-state index in [0.717, 1.165) is 45.6 Å². The van der Waals surface area contributed by atoms with Gasteiger partial charge in [-0.2, -0.15) is 0 Å². The van der Waals surface area contributed by atoms with E-state index in [2.05, 4.69) is 26.3 Å². The van der Waals surface area contributed by atoms with Crippen molar-refractivity contribution in [1.82, 2.24) is 24.0 Å². The van der Waals surface area contributed by atoms with E-state index in [9.17, 15) is 9.18 Å². The summed E-state index contributed by atoms with van der Waals surface area (Å²) in [5.41, 5.74) is 11.1. The van der Waals surface area contributed by atoms with Gasteiger partial charge in [-0.1, -0.05) is 0 Å². The number of benzene rings is 1. The number of ether oxygens (including phenoxy) is 1. The fraction of sp³-hybridized carbons (Fsp3) is 0.423. The van der Waals surface area contributed by atoms with Gasteiger partial charge in [0.15, 0.2) is 5.82 Å². The molecule has 2 aliphatic rings. The first-order valence-electron chi connectivity index (χ1n) is 12.1. The summed E-state index contributed by atoms with van der Waals surface area (Å²) in [6.07, 6.45) is 4.92. The molecular weight excluding hydrogens is 447 g/mol. The number of aromatic nitrogens is 4. The third-order valence-corrected chi connectivity index (χ3v) is 7.26. The van der Waals surface area contributed by atoms with Crippen LogP contribution in [0.2, 0.25) is 0 Å². The molecule has 182 valence electrons. The summed E-state index contributed by atoms with van der Waals surface area (Å²) >= 11 is 0. The highest BCUT2D eigenvalue weighted by Crippen LogP contribution is 2.38. The lowest BCUT2D eigenvalue weighted by molar-refractivity contribution is 0.0725. The Balaban J connectivity index is 1.47. The van der Waals surface area contributed by atoms with Gasteiger partial charge >= 0.3 is 0 Å². The van der Waals surface area contributed by atoms with Crippen LogP contribution in [0.5, 0.6) is 5.88 Å². The normalized spacial score (nSPS) is 16.8. The molecule has 4 aromatic rings. The van der Waals surface area contributed by atoms with Gasteiger partial charge in [-0.15, -0.1) is 0 Å². The summed E-state index contributed by atoms with van der Waals surface area (Å²) in [6.45, 7) is 1.01. The molecule has 1 saturated carbocycles. The van der Waals surface area contributed by atoms with Gasteiger partial charge in [-0.3, -0.25) is 4.79 Å². The van der Waals surface area contributed by atoms with Gasteiger partial charge in [0, 0.05) is 43.8 Å². The highest BCUT2D eigenvalue weighted by molar-refractivity contribution is 6.00. The zero-order valence-electron chi connectivity index (χ0n) is 20.0. The Morgan fingerprint density at radius 3 is 2.86 bits per heavy atom. The molecule has 1 amide bonds. The molecule has 2 N–H and O–H groups in total. The number of methoxy groups -OCH3 is 1. The Kier molecular flexibility index (Phi) is 5.25. The SMILES string of the molecule is COc1nccc2cc(-c3nc4cc5c(cc4n3C)CCN(C[C@H](N)CF)C5=O)n(CC3CC3)c12. The second-order valence-corrected chi connectivity index (χ2v) is 9.75. The third-order valence-electron chi connectivity index (χ3n) is 7.26. The predicted octanol–water partition coefficient (Wildman–Crippen LogP) is 3.30. The molecule has 1 fully saturated rings. The second kappa shape index (κ2) is 8.34. The molecule has 0 saturated heterocycles. The van der Waals surface area contributed by atoms with E-state index in [0.29, 0.717) is 30.3 Å². The van der Waals surface area contributed by atoms with E-state index >= 15 is 0 Å². The largest absolute Gasteiger partial charge is 0.479 e. The summed E-state index contributed by atoms with van der Waals surface area (Å²) in [7, 11) is 3.67. The number of alkyl halides is 1. The Bertz CT molecular complexity index is 1450. The van der Waals surface area contributed by atoms with Gasteiger partial charge in [0.2, 0.25) is 5.88 Å². The lowest BCUT2D eigenvalue weighted by atomic mass is 9.97. The molecule has 8 nitrogen and oxygen atoms in total. The van der Waals surface area contributed by atoms with Crippen LogP contribution in [0.15, 0.2) is 30.5 Å². The van der Waals surface area contributed by atoms with Crippen molar-refractivity contribution in [1.29, 1.82) is 0 Å². The van der Waals surface area contributed by atoms with Crippen LogP contribution in [-0.4, -0.2) is 62.8 Å². The number of pyridine rings is 1. The number of hydrogen-bond acceptors (Lipinski definition) is 5. The number of halogens is 1. The van der Waals surface area contributed by atoms with E-state index in [-0.39, 0.29) is 12.5 Å². The number of amides is 1. The van der Waals surface area contributed by atoms with E-state index in [4.69, 9.17) is 15.5 Å². The first-order chi connectivity index (χ1) is 17.0. The number of rotatable bonds is 7. The third kappa shape index (κ3) is 3.65. The molecule has 1 aliphatic carbocycles. The summed E-state index contributed by atoms with van der Waals surface area (Å²) in [5.74, 6) is 1.99. The average molecular weight is 477 g/mol. The lowest BCUT2D eigenvalue weighted by Crippen LogP contribution is -2.45. The molecule has 0 radical (unpaired) electrons. The fourth-order valence-corrected chi connectivity index (χ4v) is 5.22. The Morgan fingerprint density at radius 1 is 1.29 bits per heavy atom. The molecule has 0 unspecified atom stereocenters. The number of aryl methyl sites for hydroxylation is 1. The average Bonchev–Trinajstić information content (AvgIpc) is 3.54. The highest BCUT2D eigenvalue weighted by atomic mass is 19.1. The molecular formula is C26H29FN6O2. The smallest absolute Gasteiger partial charge is 0.254 e. The molecule has 1 atom stereocenters. The number of nitrogens with two attached hydrogens (primary N) is 1. The fourth-order valence-electron chi connectivity index (χ4n) is 5.22. The zero-order chi connectivity index (χ0) is 24.3. The Hall–Kier alpha value is -3.46.